The first-order valence-corrected chi connectivity index (χ1v) is 7.33. The Balaban J connectivity index is 1.83. The van der Waals surface area contributed by atoms with Crippen LogP contribution in [-0.2, 0) is 14.3 Å². The fourth-order valence-corrected chi connectivity index (χ4v) is 2.82. The summed E-state index contributed by atoms with van der Waals surface area (Å²) in [5, 5.41) is 12.7. The van der Waals surface area contributed by atoms with Crippen molar-refractivity contribution in [2.45, 2.75) is 38.1 Å². The van der Waals surface area contributed by atoms with Crippen molar-refractivity contribution in [1.82, 2.24) is 5.32 Å². The maximum Gasteiger partial charge on any atom is 0.326 e. The van der Waals surface area contributed by atoms with Gasteiger partial charge in [0.05, 0.1) is 6.61 Å². The van der Waals surface area contributed by atoms with Crippen LogP contribution in [0.5, 0.6) is 0 Å². The molecule has 1 unspecified atom stereocenters. The molecule has 5 nitrogen and oxygen atoms in total. The Labute approximate surface area is 114 Å². The molecule has 0 aromatic rings. The smallest absolute Gasteiger partial charge is 0.326 e. The van der Waals surface area contributed by atoms with Crippen LogP contribution >= 0.6 is 0 Å². The van der Waals surface area contributed by atoms with E-state index in [4.69, 9.17) is 9.47 Å². The van der Waals surface area contributed by atoms with Gasteiger partial charge in [-0.25, -0.2) is 0 Å². The fraction of sp³-hybridized carbons (Fsp3) is 0.929. The van der Waals surface area contributed by atoms with Crippen molar-refractivity contribution in [2.24, 2.45) is 11.8 Å². The molecule has 0 spiro atoms. The van der Waals surface area contributed by atoms with Gasteiger partial charge >= 0.3 is 5.97 Å². The number of hydrogen-bond donors (Lipinski definition) is 2. The van der Waals surface area contributed by atoms with Gasteiger partial charge in [-0.3, -0.25) is 10.1 Å². The summed E-state index contributed by atoms with van der Waals surface area (Å²) in [6.45, 7) is 5.12. The largest absolute Gasteiger partial charge is 0.480 e. The third kappa shape index (κ3) is 3.68. The van der Waals surface area contributed by atoms with Gasteiger partial charge in [-0.2, -0.15) is 0 Å². The Hall–Kier alpha value is -0.650. The summed E-state index contributed by atoms with van der Waals surface area (Å²) in [5.74, 6) is -0.0375. The van der Waals surface area contributed by atoms with Gasteiger partial charge in [0.2, 0.25) is 0 Å². The average Bonchev–Trinajstić information content (AvgIpc) is 3.23. The molecule has 2 rings (SSSR count). The summed E-state index contributed by atoms with van der Waals surface area (Å²) in [6.07, 6.45) is 4.01. The van der Waals surface area contributed by atoms with Gasteiger partial charge in [-0.1, -0.05) is 6.92 Å². The summed E-state index contributed by atoms with van der Waals surface area (Å²) >= 11 is 0. The SMILES string of the molecule is CCNC(COCC1CCOCC1)(C(=O)O)C1CC1. The second kappa shape index (κ2) is 6.68. The molecule has 2 fully saturated rings. The molecule has 0 bridgehead atoms. The number of aliphatic carboxylic acids is 1. The van der Waals surface area contributed by atoms with E-state index < -0.39 is 11.5 Å². The summed E-state index contributed by atoms with van der Waals surface area (Å²) < 4.78 is 11.1. The lowest BCUT2D eigenvalue weighted by Gasteiger charge is -2.31. The average molecular weight is 271 g/mol. The van der Waals surface area contributed by atoms with E-state index in [9.17, 15) is 9.90 Å². The molecule has 0 radical (unpaired) electrons. The lowest BCUT2D eigenvalue weighted by atomic mass is 9.94. The highest BCUT2D eigenvalue weighted by molar-refractivity contribution is 5.80. The van der Waals surface area contributed by atoms with Crippen LogP contribution in [-0.4, -0.2) is 49.6 Å². The van der Waals surface area contributed by atoms with Crippen molar-refractivity contribution in [3.63, 3.8) is 0 Å². The first-order chi connectivity index (χ1) is 9.19. The van der Waals surface area contributed by atoms with Gasteiger partial charge in [-0.15, -0.1) is 0 Å². The van der Waals surface area contributed by atoms with Crippen molar-refractivity contribution in [3.05, 3.63) is 0 Å². The van der Waals surface area contributed by atoms with Gasteiger partial charge in [-0.05, 0) is 44.1 Å². The quantitative estimate of drug-likeness (QED) is 0.696. The highest BCUT2D eigenvalue weighted by Crippen LogP contribution is 2.40. The van der Waals surface area contributed by atoms with Gasteiger partial charge in [0.25, 0.3) is 0 Å². The predicted octanol–water partition coefficient (Wildman–Crippen LogP) is 1.27. The summed E-state index contributed by atoms with van der Waals surface area (Å²) in [4.78, 5) is 11.6. The minimum Gasteiger partial charge on any atom is -0.480 e. The van der Waals surface area contributed by atoms with E-state index in [0.29, 0.717) is 19.1 Å². The number of likely N-dealkylation sites (N-methyl/N-ethyl adjacent to an activating group) is 1. The minimum absolute atomic E-state index is 0.222. The second-order valence-electron chi connectivity index (χ2n) is 5.65. The number of carbonyl (C=O) groups is 1. The summed E-state index contributed by atoms with van der Waals surface area (Å²) in [5.41, 5.74) is -0.875. The number of ether oxygens (including phenoxy) is 2. The lowest BCUT2D eigenvalue weighted by Crippen LogP contribution is -2.57. The number of rotatable bonds is 8. The number of nitrogens with one attached hydrogen (secondary N) is 1. The monoisotopic (exact) mass is 271 g/mol. The van der Waals surface area contributed by atoms with Crippen molar-refractivity contribution in [1.29, 1.82) is 0 Å². The van der Waals surface area contributed by atoms with Gasteiger partial charge in [0, 0.05) is 19.8 Å². The summed E-state index contributed by atoms with van der Waals surface area (Å²) in [6, 6.07) is 0. The van der Waals surface area contributed by atoms with Crippen LogP contribution in [0.3, 0.4) is 0 Å². The van der Waals surface area contributed by atoms with Crippen molar-refractivity contribution >= 4 is 5.97 Å². The predicted molar refractivity (Wildman–Crippen MR) is 71.1 cm³/mol. The van der Waals surface area contributed by atoms with E-state index in [1.165, 1.54) is 0 Å². The topological polar surface area (TPSA) is 67.8 Å². The van der Waals surface area contributed by atoms with E-state index in [1.54, 1.807) is 0 Å². The Morgan fingerprint density at radius 1 is 1.37 bits per heavy atom. The van der Waals surface area contributed by atoms with Crippen LogP contribution in [0.25, 0.3) is 0 Å². The third-order valence-corrected chi connectivity index (χ3v) is 4.17. The highest BCUT2D eigenvalue weighted by atomic mass is 16.5. The van der Waals surface area contributed by atoms with Crippen LogP contribution < -0.4 is 5.32 Å². The van der Waals surface area contributed by atoms with Crippen LogP contribution in [0.2, 0.25) is 0 Å². The highest BCUT2D eigenvalue weighted by Gasteiger charge is 2.51. The zero-order valence-corrected chi connectivity index (χ0v) is 11.7. The van der Waals surface area contributed by atoms with Crippen LogP contribution in [0, 0.1) is 11.8 Å². The van der Waals surface area contributed by atoms with Crippen molar-refractivity contribution in [3.8, 4) is 0 Å². The minimum atomic E-state index is -0.875. The first-order valence-electron chi connectivity index (χ1n) is 7.33. The maximum absolute atomic E-state index is 11.6. The number of hydrogen-bond acceptors (Lipinski definition) is 4. The van der Waals surface area contributed by atoms with E-state index >= 15 is 0 Å². The van der Waals surface area contributed by atoms with Gasteiger partial charge in [0.15, 0.2) is 0 Å². The molecular formula is C14H25NO4. The van der Waals surface area contributed by atoms with E-state index in [-0.39, 0.29) is 12.5 Å². The van der Waals surface area contributed by atoms with Crippen molar-refractivity contribution < 1.29 is 19.4 Å². The van der Waals surface area contributed by atoms with Crippen molar-refractivity contribution in [2.75, 3.05) is 33.0 Å². The third-order valence-electron chi connectivity index (χ3n) is 4.17. The molecule has 1 saturated carbocycles. The molecule has 0 aromatic carbocycles. The number of carboxylic acids is 1. The molecule has 1 atom stereocenters. The van der Waals surface area contributed by atoms with Gasteiger partial charge < -0.3 is 14.6 Å². The summed E-state index contributed by atoms with van der Waals surface area (Å²) in [7, 11) is 0. The normalized spacial score (nSPS) is 24.1. The molecule has 1 saturated heterocycles. The van der Waals surface area contributed by atoms with E-state index in [1.807, 2.05) is 6.92 Å². The molecule has 2 N–H and O–H groups in total. The molecule has 1 aliphatic heterocycles. The van der Waals surface area contributed by atoms with Crippen LogP contribution in [0.15, 0.2) is 0 Å². The zero-order valence-electron chi connectivity index (χ0n) is 11.7. The molecule has 0 amide bonds. The fourth-order valence-electron chi connectivity index (χ4n) is 2.82. The lowest BCUT2D eigenvalue weighted by molar-refractivity contribution is -0.149. The first kappa shape index (κ1) is 14.8. The van der Waals surface area contributed by atoms with Gasteiger partial charge in [0.1, 0.15) is 5.54 Å². The maximum atomic E-state index is 11.6. The van der Waals surface area contributed by atoms with E-state index in [0.717, 1.165) is 38.9 Å². The molecule has 1 heterocycles. The Kier molecular flexibility index (Phi) is 5.19. The van der Waals surface area contributed by atoms with Crippen LogP contribution in [0.1, 0.15) is 32.6 Å². The molecule has 1 aliphatic carbocycles. The number of carboxylic acid groups (broad SMARTS) is 1. The molecule has 2 aliphatic rings. The molecular weight excluding hydrogens is 246 g/mol. The second-order valence-corrected chi connectivity index (χ2v) is 5.65. The molecule has 5 heteroatoms. The molecule has 19 heavy (non-hydrogen) atoms. The van der Waals surface area contributed by atoms with Crippen LogP contribution in [0.4, 0.5) is 0 Å². The van der Waals surface area contributed by atoms with E-state index in [2.05, 4.69) is 5.32 Å². The Morgan fingerprint density at radius 3 is 2.58 bits per heavy atom. The Bertz CT molecular complexity index is 300. The standard InChI is InChI=1S/C14H25NO4/c1-2-15-14(13(16)17,12-3-4-12)10-19-9-11-5-7-18-8-6-11/h11-12,15H,2-10H2,1H3,(H,16,17). The molecule has 110 valence electrons. The Morgan fingerprint density at radius 2 is 2.05 bits per heavy atom. The molecule has 0 aromatic heterocycles. The zero-order chi connectivity index (χ0) is 13.7.